The van der Waals surface area contributed by atoms with Crippen molar-refractivity contribution in [3.63, 3.8) is 0 Å². The molecule has 0 bridgehead atoms. The van der Waals surface area contributed by atoms with Gasteiger partial charge >= 0.3 is 0 Å². The number of hydrogen-bond donors (Lipinski definition) is 1. The lowest BCUT2D eigenvalue weighted by atomic mass is 9.89. The molecule has 102 valence electrons. The zero-order valence-electron chi connectivity index (χ0n) is 10.5. The monoisotopic (exact) mass is 284 g/mol. The molecule has 0 spiro atoms. The fourth-order valence-corrected chi connectivity index (χ4v) is 2.98. The summed E-state index contributed by atoms with van der Waals surface area (Å²) in [7, 11) is 0. The van der Waals surface area contributed by atoms with Crippen molar-refractivity contribution in [1.29, 1.82) is 0 Å². The van der Waals surface area contributed by atoms with Crippen LogP contribution in [-0.2, 0) is 4.74 Å². The molecule has 6 heteroatoms. The van der Waals surface area contributed by atoms with Crippen molar-refractivity contribution >= 4 is 23.3 Å². The largest absolute Gasteiger partial charge is 0.378 e. The van der Waals surface area contributed by atoms with Gasteiger partial charge in [-0.05, 0) is 38.0 Å². The van der Waals surface area contributed by atoms with E-state index >= 15 is 0 Å². The number of aromatic amines is 1. The van der Waals surface area contributed by atoms with Crippen molar-refractivity contribution in [2.75, 3.05) is 6.61 Å². The maximum atomic E-state index is 13.7. The van der Waals surface area contributed by atoms with Gasteiger partial charge in [0, 0.05) is 18.7 Å². The van der Waals surface area contributed by atoms with Crippen LogP contribution in [0.2, 0.25) is 0 Å². The molecule has 1 aromatic heterocycles. The van der Waals surface area contributed by atoms with E-state index in [1.54, 1.807) is 4.57 Å². The number of hydrogen-bond acceptors (Lipinski definition) is 2. The van der Waals surface area contributed by atoms with Crippen LogP contribution in [0.3, 0.4) is 0 Å². The molecule has 3 nitrogen and oxygen atoms in total. The van der Waals surface area contributed by atoms with Crippen LogP contribution in [0.4, 0.5) is 8.78 Å². The minimum Gasteiger partial charge on any atom is -0.378 e. The summed E-state index contributed by atoms with van der Waals surface area (Å²) in [6, 6.07) is 2.33. The van der Waals surface area contributed by atoms with E-state index in [9.17, 15) is 8.78 Å². The average molecular weight is 284 g/mol. The van der Waals surface area contributed by atoms with Crippen LogP contribution >= 0.6 is 12.2 Å². The van der Waals surface area contributed by atoms with Crippen molar-refractivity contribution in [1.82, 2.24) is 9.55 Å². The molecule has 0 saturated heterocycles. The number of rotatable bonds is 3. The number of nitrogens with one attached hydrogen (secondary N) is 1. The second kappa shape index (κ2) is 4.68. The molecule has 1 saturated carbocycles. The lowest BCUT2D eigenvalue weighted by Gasteiger charge is -2.36. The van der Waals surface area contributed by atoms with E-state index in [-0.39, 0.29) is 17.7 Å². The van der Waals surface area contributed by atoms with Gasteiger partial charge in [-0.15, -0.1) is 0 Å². The van der Waals surface area contributed by atoms with E-state index < -0.39 is 11.6 Å². The Bertz CT molecular complexity index is 673. The average Bonchev–Trinajstić information content (AvgIpc) is 2.61. The smallest absolute Gasteiger partial charge is 0.178 e. The standard InChI is InChI=1S/C13H14F2N2OS/c1-2-18-9-5-8(6-9)17-11-4-7(14)3-10(15)12(11)16-13(17)19/h3-4,8-9H,2,5-6H2,1H3,(H,16,19). The van der Waals surface area contributed by atoms with Crippen LogP contribution in [-0.4, -0.2) is 22.3 Å². The highest BCUT2D eigenvalue weighted by Gasteiger charge is 2.32. The number of ether oxygens (including phenoxy) is 1. The van der Waals surface area contributed by atoms with Gasteiger partial charge in [-0.25, -0.2) is 8.78 Å². The number of aromatic nitrogens is 2. The van der Waals surface area contributed by atoms with Crippen LogP contribution in [0, 0.1) is 16.4 Å². The second-order valence-corrected chi connectivity index (χ2v) is 5.17. The summed E-state index contributed by atoms with van der Waals surface area (Å²) in [4.78, 5) is 2.81. The number of fused-ring (bicyclic) bond motifs is 1. The molecule has 2 aromatic rings. The van der Waals surface area contributed by atoms with Gasteiger partial charge in [-0.3, -0.25) is 0 Å². The Balaban J connectivity index is 2.00. The van der Waals surface area contributed by atoms with Crippen molar-refractivity contribution in [2.45, 2.75) is 31.9 Å². The van der Waals surface area contributed by atoms with E-state index in [1.165, 1.54) is 6.07 Å². The third-order valence-electron chi connectivity index (χ3n) is 3.58. The Hall–Kier alpha value is -1.27. The van der Waals surface area contributed by atoms with Crippen molar-refractivity contribution in [3.8, 4) is 0 Å². The van der Waals surface area contributed by atoms with Crippen LogP contribution < -0.4 is 0 Å². The van der Waals surface area contributed by atoms with E-state index in [1.807, 2.05) is 6.92 Å². The number of nitrogens with zero attached hydrogens (tertiary/aromatic N) is 1. The van der Waals surface area contributed by atoms with Gasteiger partial charge in [0.05, 0.1) is 11.6 Å². The zero-order valence-corrected chi connectivity index (χ0v) is 11.3. The third kappa shape index (κ3) is 2.08. The van der Waals surface area contributed by atoms with Crippen molar-refractivity contribution in [3.05, 3.63) is 28.5 Å². The Morgan fingerprint density at radius 1 is 1.42 bits per heavy atom. The predicted octanol–water partition coefficient (Wildman–Crippen LogP) is 3.72. The molecule has 0 atom stereocenters. The summed E-state index contributed by atoms with van der Waals surface area (Å²) < 4.78 is 34.7. The SMILES string of the molecule is CCOC1CC(n2c(=S)[nH]c3c(F)cc(F)cc32)C1. The molecule has 0 radical (unpaired) electrons. The summed E-state index contributed by atoms with van der Waals surface area (Å²) >= 11 is 5.21. The highest BCUT2D eigenvalue weighted by molar-refractivity contribution is 7.71. The topological polar surface area (TPSA) is 29.9 Å². The molecule has 1 aliphatic rings. The minimum atomic E-state index is -0.611. The maximum Gasteiger partial charge on any atom is 0.178 e. The lowest BCUT2D eigenvalue weighted by Crippen LogP contribution is -2.33. The number of imidazole rings is 1. The van der Waals surface area contributed by atoms with E-state index in [0.29, 0.717) is 16.9 Å². The van der Waals surface area contributed by atoms with Gasteiger partial charge in [0.15, 0.2) is 10.6 Å². The summed E-state index contributed by atoms with van der Waals surface area (Å²) in [6.07, 6.45) is 1.88. The first-order valence-electron chi connectivity index (χ1n) is 6.31. The summed E-state index contributed by atoms with van der Waals surface area (Å²) in [6.45, 7) is 2.63. The molecule has 3 rings (SSSR count). The summed E-state index contributed by atoms with van der Waals surface area (Å²) in [5, 5.41) is 0. The Labute approximate surface area is 114 Å². The van der Waals surface area contributed by atoms with Crippen LogP contribution in [0.25, 0.3) is 11.0 Å². The van der Waals surface area contributed by atoms with Gasteiger partial charge in [-0.2, -0.15) is 0 Å². The first-order chi connectivity index (χ1) is 9.10. The first-order valence-corrected chi connectivity index (χ1v) is 6.71. The fraction of sp³-hybridized carbons (Fsp3) is 0.462. The highest BCUT2D eigenvalue weighted by atomic mass is 32.1. The van der Waals surface area contributed by atoms with E-state index in [0.717, 1.165) is 18.9 Å². The Morgan fingerprint density at radius 3 is 2.84 bits per heavy atom. The molecule has 0 amide bonds. The van der Waals surface area contributed by atoms with Crippen molar-refractivity contribution < 1.29 is 13.5 Å². The molecule has 1 heterocycles. The molecular weight excluding hydrogens is 270 g/mol. The maximum absolute atomic E-state index is 13.7. The van der Waals surface area contributed by atoms with Gasteiger partial charge in [0.25, 0.3) is 0 Å². The molecule has 0 aliphatic heterocycles. The van der Waals surface area contributed by atoms with Gasteiger partial charge in [-0.1, -0.05) is 0 Å². The van der Waals surface area contributed by atoms with Crippen LogP contribution in [0.1, 0.15) is 25.8 Å². The van der Waals surface area contributed by atoms with Crippen molar-refractivity contribution in [2.24, 2.45) is 0 Å². The molecule has 1 aromatic carbocycles. The molecule has 1 N–H and O–H groups in total. The minimum absolute atomic E-state index is 0.152. The molecular formula is C13H14F2N2OS. The second-order valence-electron chi connectivity index (χ2n) is 4.78. The van der Waals surface area contributed by atoms with Gasteiger partial charge < -0.3 is 14.3 Å². The fourth-order valence-electron chi connectivity index (χ4n) is 2.63. The molecule has 1 aliphatic carbocycles. The zero-order chi connectivity index (χ0) is 13.6. The normalized spacial score (nSPS) is 22.7. The first kappa shape index (κ1) is 12.7. The van der Waals surface area contributed by atoms with Crippen LogP contribution in [0.5, 0.6) is 0 Å². The van der Waals surface area contributed by atoms with Gasteiger partial charge in [0.1, 0.15) is 11.3 Å². The quantitative estimate of drug-likeness (QED) is 0.871. The molecule has 1 fully saturated rings. The third-order valence-corrected chi connectivity index (χ3v) is 3.88. The molecule has 0 unspecified atom stereocenters. The highest BCUT2D eigenvalue weighted by Crippen LogP contribution is 2.37. The summed E-state index contributed by atoms with van der Waals surface area (Å²) in [5.41, 5.74) is 0.758. The molecule has 19 heavy (non-hydrogen) atoms. The number of halogens is 2. The lowest BCUT2D eigenvalue weighted by molar-refractivity contribution is -0.0190. The number of H-pyrrole nitrogens is 1. The summed E-state index contributed by atoms with van der Waals surface area (Å²) in [5.74, 6) is -1.20. The van der Waals surface area contributed by atoms with E-state index in [4.69, 9.17) is 17.0 Å². The van der Waals surface area contributed by atoms with Gasteiger partial charge in [0.2, 0.25) is 0 Å². The number of benzene rings is 1. The van der Waals surface area contributed by atoms with E-state index in [2.05, 4.69) is 4.98 Å². The van der Waals surface area contributed by atoms with Crippen LogP contribution in [0.15, 0.2) is 12.1 Å². The Morgan fingerprint density at radius 2 is 2.16 bits per heavy atom. The predicted molar refractivity (Wildman–Crippen MR) is 70.7 cm³/mol. The Kier molecular flexibility index (Phi) is 3.14.